The Morgan fingerprint density at radius 1 is 1.28 bits per heavy atom. The average Bonchev–Trinajstić information content (AvgIpc) is 2.54. The van der Waals surface area contributed by atoms with Crippen LogP contribution in [0.1, 0.15) is 13.8 Å². The van der Waals surface area contributed by atoms with Crippen LogP contribution in [0.4, 0.5) is 0 Å². The van der Waals surface area contributed by atoms with Gasteiger partial charge in [-0.2, -0.15) is 0 Å². The van der Waals surface area contributed by atoms with Gasteiger partial charge in [-0.3, -0.25) is 4.79 Å². The van der Waals surface area contributed by atoms with Gasteiger partial charge in [0.15, 0.2) is 11.8 Å². The van der Waals surface area contributed by atoms with Crippen molar-refractivity contribution >= 4 is 17.8 Å². The minimum Gasteiger partial charge on any atom is -0.503 e. The monoisotopic (exact) mass is 257 g/mol. The van der Waals surface area contributed by atoms with Crippen molar-refractivity contribution < 1.29 is 29.0 Å². The number of carbonyl (C=O) groups excluding carboxylic acids is 3. The highest BCUT2D eigenvalue weighted by molar-refractivity contribution is 6.11. The number of likely N-dealkylation sites (N-methyl/N-ethyl adjacent to an activating group) is 1. The van der Waals surface area contributed by atoms with E-state index in [1.807, 2.05) is 0 Å². The van der Waals surface area contributed by atoms with Crippen LogP contribution in [0, 0.1) is 0 Å². The Balaban J connectivity index is 3.10. The van der Waals surface area contributed by atoms with Crippen molar-refractivity contribution in [2.24, 2.45) is 0 Å². The highest BCUT2D eigenvalue weighted by Crippen LogP contribution is 2.25. The molecule has 0 saturated carbocycles. The third-order valence-corrected chi connectivity index (χ3v) is 2.44. The van der Waals surface area contributed by atoms with E-state index in [9.17, 15) is 19.5 Å². The van der Waals surface area contributed by atoms with Crippen LogP contribution >= 0.6 is 0 Å². The number of rotatable bonds is 4. The topological polar surface area (TPSA) is 93.1 Å². The lowest BCUT2D eigenvalue weighted by Crippen LogP contribution is -2.41. The van der Waals surface area contributed by atoms with Crippen LogP contribution in [0.25, 0.3) is 0 Å². The third kappa shape index (κ3) is 2.29. The van der Waals surface area contributed by atoms with Crippen LogP contribution in [0.15, 0.2) is 11.3 Å². The number of hydrogen-bond donors (Lipinski definition) is 1. The summed E-state index contributed by atoms with van der Waals surface area (Å²) in [6, 6.07) is -1.25. The fourth-order valence-corrected chi connectivity index (χ4v) is 1.64. The molecule has 100 valence electrons. The van der Waals surface area contributed by atoms with Gasteiger partial charge in [0.2, 0.25) is 0 Å². The first-order valence-corrected chi connectivity index (χ1v) is 5.49. The molecule has 1 N–H and O–H groups in total. The van der Waals surface area contributed by atoms with Gasteiger partial charge in [-0.15, -0.1) is 0 Å². The van der Waals surface area contributed by atoms with Crippen LogP contribution in [0.2, 0.25) is 0 Å². The first kappa shape index (κ1) is 14.0. The van der Waals surface area contributed by atoms with Crippen molar-refractivity contribution in [2.45, 2.75) is 19.9 Å². The van der Waals surface area contributed by atoms with Crippen LogP contribution in [-0.2, 0) is 23.9 Å². The zero-order valence-electron chi connectivity index (χ0n) is 10.4. The number of carbonyl (C=O) groups is 3. The predicted octanol–water partition coefficient (Wildman–Crippen LogP) is -0.235. The van der Waals surface area contributed by atoms with Gasteiger partial charge in [0.1, 0.15) is 5.57 Å². The molecule has 1 atom stereocenters. The summed E-state index contributed by atoms with van der Waals surface area (Å²) in [5.74, 6) is -3.25. The van der Waals surface area contributed by atoms with Gasteiger partial charge in [-0.25, -0.2) is 9.59 Å². The van der Waals surface area contributed by atoms with Crippen molar-refractivity contribution in [3.63, 3.8) is 0 Å². The molecule has 1 amide bonds. The van der Waals surface area contributed by atoms with Gasteiger partial charge >= 0.3 is 11.9 Å². The summed E-state index contributed by atoms with van der Waals surface area (Å²) in [5, 5.41) is 9.59. The summed E-state index contributed by atoms with van der Waals surface area (Å²) in [6.07, 6.45) is 0. The van der Waals surface area contributed by atoms with E-state index in [-0.39, 0.29) is 18.8 Å². The van der Waals surface area contributed by atoms with E-state index in [0.717, 1.165) is 4.90 Å². The summed E-state index contributed by atoms with van der Waals surface area (Å²) in [5.41, 5.74) is -0.372. The molecule has 1 rings (SSSR count). The second-order valence-electron chi connectivity index (χ2n) is 3.55. The number of esters is 2. The maximum atomic E-state index is 11.7. The molecule has 1 unspecified atom stereocenters. The molecular weight excluding hydrogens is 242 g/mol. The van der Waals surface area contributed by atoms with Gasteiger partial charge in [-0.1, -0.05) is 0 Å². The Hall–Kier alpha value is -2.05. The number of ether oxygens (including phenoxy) is 2. The summed E-state index contributed by atoms with van der Waals surface area (Å²) >= 11 is 0. The van der Waals surface area contributed by atoms with E-state index in [1.54, 1.807) is 13.8 Å². The van der Waals surface area contributed by atoms with Gasteiger partial charge in [0, 0.05) is 7.05 Å². The van der Waals surface area contributed by atoms with Crippen molar-refractivity contribution in [1.29, 1.82) is 0 Å². The van der Waals surface area contributed by atoms with E-state index in [0.29, 0.717) is 0 Å². The Morgan fingerprint density at radius 3 is 2.33 bits per heavy atom. The molecule has 0 bridgehead atoms. The molecule has 18 heavy (non-hydrogen) atoms. The smallest absolute Gasteiger partial charge is 0.340 e. The van der Waals surface area contributed by atoms with Gasteiger partial charge in [0.05, 0.1) is 13.2 Å². The van der Waals surface area contributed by atoms with Crippen molar-refractivity contribution in [3.05, 3.63) is 11.3 Å². The lowest BCUT2D eigenvalue weighted by atomic mass is 10.1. The Labute approximate surface area is 104 Å². The summed E-state index contributed by atoms with van der Waals surface area (Å²) in [6.45, 7) is 3.36. The second kappa shape index (κ2) is 5.52. The molecule has 7 heteroatoms. The maximum absolute atomic E-state index is 11.7. The molecule has 7 nitrogen and oxygen atoms in total. The molecular formula is C11H15NO6. The van der Waals surface area contributed by atoms with Crippen LogP contribution < -0.4 is 0 Å². The first-order valence-electron chi connectivity index (χ1n) is 5.49. The fourth-order valence-electron chi connectivity index (χ4n) is 1.64. The molecule has 1 aliphatic heterocycles. The zero-order valence-corrected chi connectivity index (χ0v) is 10.4. The molecule has 0 aromatic heterocycles. The molecule has 0 aromatic rings. The standard InChI is InChI=1S/C11H15NO6/c1-4-17-10(15)6-7(11(16)18-5-2)12(3)9(14)8(6)13/h7,13H,4-5H2,1-3H3. The van der Waals surface area contributed by atoms with Crippen molar-refractivity contribution in [1.82, 2.24) is 4.90 Å². The molecule has 0 spiro atoms. The number of nitrogens with zero attached hydrogens (tertiary/aromatic N) is 1. The second-order valence-corrected chi connectivity index (χ2v) is 3.55. The first-order chi connectivity index (χ1) is 8.45. The molecule has 0 saturated heterocycles. The quantitative estimate of drug-likeness (QED) is 0.699. The minimum absolute atomic E-state index is 0.0725. The van der Waals surface area contributed by atoms with E-state index >= 15 is 0 Å². The lowest BCUT2D eigenvalue weighted by Gasteiger charge is -2.19. The van der Waals surface area contributed by atoms with Crippen molar-refractivity contribution in [3.8, 4) is 0 Å². The summed E-state index contributed by atoms with van der Waals surface area (Å²) in [4.78, 5) is 35.8. The highest BCUT2D eigenvalue weighted by Gasteiger charge is 2.46. The molecule has 1 aliphatic rings. The van der Waals surface area contributed by atoms with Crippen molar-refractivity contribution in [2.75, 3.05) is 20.3 Å². The summed E-state index contributed by atoms with van der Waals surface area (Å²) < 4.78 is 9.47. The highest BCUT2D eigenvalue weighted by atomic mass is 16.5. The lowest BCUT2D eigenvalue weighted by molar-refractivity contribution is -0.152. The molecule has 0 aromatic carbocycles. The Morgan fingerprint density at radius 2 is 1.83 bits per heavy atom. The maximum Gasteiger partial charge on any atom is 0.340 e. The average molecular weight is 257 g/mol. The third-order valence-electron chi connectivity index (χ3n) is 2.44. The molecule has 0 fully saturated rings. The Kier molecular flexibility index (Phi) is 4.30. The Bertz CT molecular complexity index is 414. The predicted molar refractivity (Wildman–Crippen MR) is 59.5 cm³/mol. The van der Waals surface area contributed by atoms with Crippen LogP contribution in [0.5, 0.6) is 0 Å². The number of amides is 1. The number of hydrogen-bond acceptors (Lipinski definition) is 6. The van der Waals surface area contributed by atoms with Gasteiger partial charge in [-0.05, 0) is 13.8 Å². The van der Waals surface area contributed by atoms with Crippen LogP contribution in [-0.4, -0.2) is 54.2 Å². The normalized spacial score (nSPS) is 19.2. The summed E-state index contributed by atoms with van der Waals surface area (Å²) in [7, 11) is 1.30. The van der Waals surface area contributed by atoms with Gasteiger partial charge < -0.3 is 19.5 Å². The van der Waals surface area contributed by atoms with Crippen LogP contribution in [0.3, 0.4) is 0 Å². The van der Waals surface area contributed by atoms with Gasteiger partial charge in [0.25, 0.3) is 5.91 Å². The minimum atomic E-state index is -1.25. The molecule has 1 heterocycles. The van der Waals surface area contributed by atoms with E-state index in [1.165, 1.54) is 7.05 Å². The van der Waals surface area contributed by atoms with E-state index in [2.05, 4.69) is 0 Å². The molecule has 0 radical (unpaired) electrons. The number of aliphatic hydroxyl groups excluding tert-OH is 1. The molecule has 0 aliphatic carbocycles. The van der Waals surface area contributed by atoms with E-state index < -0.39 is 29.6 Å². The van der Waals surface area contributed by atoms with E-state index in [4.69, 9.17) is 9.47 Å². The largest absolute Gasteiger partial charge is 0.503 e. The zero-order chi connectivity index (χ0) is 13.9. The number of aliphatic hydroxyl groups is 1. The SMILES string of the molecule is CCOC(=O)C1=C(O)C(=O)N(C)C1C(=O)OCC. The fraction of sp³-hybridized carbons (Fsp3) is 0.545.